The van der Waals surface area contributed by atoms with Crippen LogP contribution in [0.25, 0.3) is 0 Å². The number of carbonyl (C=O) groups excluding carboxylic acids is 2. The van der Waals surface area contributed by atoms with Crippen LogP contribution < -0.4 is 4.74 Å². The summed E-state index contributed by atoms with van der Waals surface area (Å²) >= 11 is 3.40. The third-order valence-electron chi connectivity index (χ3n) is 4.47. The van der Waals surface area contributed by atoms with Gasteiger partial charge in [-0.1, -0.05) is 12.1 Å². The molecule has 0 saturated heterocycles. The molecule has 1 aromatic rings. The van der Waals surface area contributed by atoms with Gasteiger partial charge in [0.1, 0.15) is 24.7 Å². The van der Waals surface area contributed by atoms with Crippen LogP contribution in [0, 0.1) is 5.92 Å². The first kappa shape index (κ1) is 18.9. The van der Waals surface area contributed by atoms with Gasteiger partial charge < -0.3 is 18.9 Å². The Morgan fingerprint density at radius 3 is 2.88 bits per heavy atom. The number of para-hydroxylation sites is 1. The molecule has 1 aliphatic carbocycles. The number of fused-ring (bicyclic) bond motifs is 1. The Kier molecular flexibility index (Phi) is 6.32. The summed E-state index contributed by atoms with van der Waals surface area (Å²) in [5, 5.41) is 0. The number of ketones is 1. The SMILES string of the molecule is CCOC(=O)COC1CCC2C(=O)C(Oc3ccccc3Br)=COC2C1. The number of allylic oxidation sites excluding steroid dienone is 1. The number of carbonyl (C=O) groups is 2. The summed E-state index contributed by atoms with van der Waals surface area (Å²) in [5.41, 5.74) is 0. The minimum absolute atomic E-state index is 0.0548. The van der Waals surface area contributed by atoms with E-state index in [-0.39, 0.29) is 42.2 Å². The van der Waals surface area contributed by atoms with Crippen molar-refractivity contribution >= 4 is 27.7 Å². The monoisotopic (exact) mass is 424 g/mol. The average molecular weight is 425 g/mol. The lowest BCUT2D eigenvalue weighted by molar-refractivity contribution is -0.154. The first-order valence-corrected chi connectivity index (χ1v) is 9.47. The van der Waals surface area contributed by atoms with Gasteiger partial charge >= 0.3 is 5.97 Å². The summed E-state index contributed by atoms with van der Waals surface area (Å²) in [6.07, 6.45) is 2.90. The molecule has 6 nitrogen and oxygen atoms in total. The number of halogens is 1. The number of hydrogen-bond donors (Lipinski definition) is 0. The van der Waals surface area contributed by atoms with Gasteiger partial charge in [0.25, 0.3) is 0 Å². The Bertz CT molecular complexity index is 701. The molecule has 3 unspecified atom stereocenters. The van der Waals surface area contributed by atoms with Crippen molar-refractivity contribution in [3.63, 3.8) is 0 Å². The van der Waals surface area contributed by atoms with Gasteiger partial charge in [-0.3, -0.25) is 4.79 Å². The van der Waals surface area contributed by atoms with Crippen molar-refractivity contribution in [3.8, 4) is 5.75 Å². The highest BCUT2D eigenvalue weighted by Gasteiger charge is 2.41. The van der Waals surface area contributed by atoms with Crippen molar-refractivity contribution in [2.24, 2.45) is 5.92 Å². The molecular weight excluding hydrogens is 404 g/mol. The molecule has 140 valence electrons. The Hall–Kier alpha value is -1.86. The minimum atomic E-state index is -0.376. The van der Waals surface area contributed by atoms with Gasteiger partial charge in [0, 0.05) is 6.42 Å². The maximum atomic E-state index is 12.7. The van der Waals surface area contributed by atoms with E-state index in [4.69, 9.17) is 18.9 Å². The topological polar surface area (TPSA) is 71.1 Å². The summed E-state index contributed by atoms with van der Waals surface area (Å²) in [7, 11) is 0. The van der Waals surface area contributed by atoms with Crippen molar-refractivity contribution in [1.82, 2.24) is 0 Å². The molecule has 0 radical (unpaired) electrons. The fourth-order valence-corrected chi connectivity index (χ4v) is 3.56. The zero-order valence-corrected chi connectivity index (χ0v) is 16.1. The van der Waals surface area contributed by atoms with Crippen LogP contribution in [0.3, 0.4) is 0 Å². The van der Waals surface area contributed by atoms with Crippen LogP contribution >= 0.6 is 15.9 Å². The summed E-state index contributed by atoms with van der Waals surface area (Å²) < 4.78 is 22.7. The molecule has 0 aromatic heterocycles. The molecule has 1 fully saturated rings. The fourth-order valence-electron chi connectivity index (χ4n) is 3.19. The highest BCUT2D eigenvalue weighted by Crippen LogP contribution is 2.36. The Labute approximate surface area is 160 Å². The van der Waals surface area contributed by atoms with Crippen molar-refractivity contribution in [2.75, 3.05) is 13.2 Å². The molecule has 1 aromatic carbocycles. The first-order chi connectivity index (χ1) is 12.6. The molecule has 0 N–H and O–H groups in total. The van der Waals surface area contributed by atoms with E-state index in [0.717, 1.165) is 4.47 Å². The van der Waals surface area contributed by atoms with Crippen LogP contribution in [-0.2, 0) is 23.8 Å². The van der Waals surface area contributed by atoms with E-state index in [1.54, 1.807) is 13.0 Å². The second-order valence-corrected chi connectivity index (χ2v) is 7.07. The Morgan fingerprint density at radius 2 is 2.12 bits per heavy atom. The maximum absolute atomic E-state index is 12.7. The predicted molar refractivity (Wildman–Crippen MR) is 96.4 cm³/mol. The summed E-state index contributed by atoms with van der Waals surface area (Å²) in [5.74, 6) is 0.102. The normalized spacial score (nSPS) is 24.9. The van der Waals surface area contributed by atoms with Crippen LogP contribution in [0.5, 0.6) is 5.75 Å². The molecule has 1 aliphatic heterocycles. The van der Waals surface area contributed by atoms with E-state index < -0.39 is 0 Å². The molecule has 26 heavy (non-hydrogen) atoms. The molecule has 1 heterocycles. The molecule has 7 heteroatoms. The van der Waals surface area contributed by atoms with E-state index in [1.165, 1.54) is 6.26 Å². The van der Waals surface area contributed by atoms with E-state index in [1.807, 2.05) is 18.2 Å². The molecule has 1 saturated carbocycles. The third-order valence-corrected chi connectivity index (χ3v) is 5.13. The highest BCUT2D eigenvalue weighted by molar-refractivity contribution is 9.10. The maximum Gasteiger partial charge on any atom is 0.332 e. The third kappa shape index (κ3) is 4.45. The first-order valence-electron chi connectivity index (χ1n) is 8.68. The van der Waals surface area contributed by atoms with E-state index in [9.17, 15) is 9.59 Å². The van der Waals surface area contributed by atoms with Crippen molar-refractivity contribution in [3.05, 3.63) is 40.8 Å². The second-order valence-electron chi connectivity index (χ2n) is 6.21. The summed E-state index contributed by atoms with van der Waals surface area (Å²) in [6.45, 7) is 2.01. The number of rotatable bonds is 6. The zero-order valence-electron chi connectivity index (χ0n) is 14.5. The zero-order chi connectivity index (χ0) is 18.5. The van der Waals surface area contributed by atoms with Gasteiger partial charge in [0.15, 0.2) is 0 Å². The lowest BCUT2D eigenvalue weighted by Crippen LogP contribution is -2.42. The largest absolute Gasteiger partial charge is 0.493 e. The smallest absolute Gasteiger partial charge is 0.332 e. The van der Waals surface area contributed by atoms with Crippen LogP contribution in [0.1, 0.15) is 26.2 Å². The van der Waals surface area contributed by atoms with E-state index in [0.29, 0.717) is 31.6 Å². The minimum Gasteiger partial charge on any atom is -0.493 e. The van der Waals surface area contributed by atoms with E-state index >= 15 is 0 Å². The molecule has 3 rings (SSSR count). The van der Waals surface area contributed by atoms with Gasteiger partial charge in [0.2, 0.25) is 11.5 Å². The van der Waals surface area contributed by atoms with Gasteiger partial charge in [-0.25, -0.2) is 4.79 Å². The number of benzene rings is 1. The lowest BCUT2D eigenvalue weighted by atomic mass is 9.80. The second kappa shape index (κ2) is 8.68. The van der Waals surface area contributed by atoms with Crippen LogP contribution in [0.15, 0.2) is 40.8 Å². The Morgan fingerprint density at radius 1 is 1.31 bits per heavy atom. The predicted octanol–water partition coefficient (Wildman–Crippen LogP) is 3.39. The van der Waals surface area contributed by atoms with Crippen LogP contribution in [0.2, 0.25) is 0 Å². The fraction of sp³-hybridized carbons (Fsp3) is 0.474. The molecular formula is C19H21BrO6. The van der Waals surface area contributed by atoms with Gasteiger partial charge in [0.05, 0.1) is 23.1 Å². The highest BCUT2D eigenvalue weighted by atomic mass is 79.9. The van der Waals surface area contributed by atoms with Crippen molar-refractivity contribution in [2.45, 2.75) is 38.4 Å². The van der Waals surface area contributed by atoms with Gasteiger partial charge in [-0.15, -0.1) is 0 Å². The number of esters is 1. The number of Topliss-reactive ketones (excluding diaryl/α,β-unsaturated/α-hetero) is 1. The number of hydrogen-bond acceptors (Lipinski definition) is 6. The quantitative estimate of drug-likeness (QED) is 0.651. The molecule has 2 aliphatic rings. The average Bonchev–Trinajstić information content (AvgIpc) is 2.64. The summed E-state index contributed by atoms with van der Waals surface area (Å²) in [6, 6.07) is 7.34. The Balaban J connectivity index is 1.58. The van der Waals surface area contributed by atoms with E-state index in [2.05, 4.69) is 15.9 Å². The molecule has 0 amide bonds. The molecule has 0 bridgehead atoms. The van der Waals surface area contributed by atoms with Crippen LogP contribution in [0.4, 0.5) is 0 Å². The summed E-state index contributed by atoms with van der Waals surface area (Å²) in [4.78, 5) is 24.1. The standard InChI is InChI=1S/C19H21BrO6/c1-2-23-18(21)11-24-12-7-8-13-16(9-12)25-10-17(19(13)22)26-15-6-4-3-5-14(15)20/h3-6,10,12-13,16H,2,7-9,11H2,1H3. The molecule has 0 spiro atoms. The lowest BCUT2D eigenvalue weighted by Gasteiger charge is -2.37. The van der Waals surface area contributed by atoms with Crippen molar-refractivity contribution < 1.29 is 28.5 Å². The van der Waals surface area contributed by atoms with Gasteiger partial charge in [-0.05, 0) is 47.8 Å². The molecule has 3 atom stereocenters. The number of ether oxygens (including phenoxy) is 4. The van der Waals surface area contributed by atoms with Gasteiger partial charge in [-0.2, -0.15) is 0 Å². The van der Waals surface area contributed by atoms with Crippen LogP contribution in [-0.4, -0.2) is 37.2 Å². The van der Waals surface area contributed by atoms with Crippen molar-refractivity contribution in [1.29, 1.82) is 0 Å².